The summed E-state index contributed by atoms with van der Waals surface area (Å²) in [5, 5.41) is 11.6. The number of rotatable bonds is 5. The number of nitrogens with zero attached hydrogens (tertiary/aromatic N) is 2. The monoisotopic (exact) mass is 349 g/mol. The molecule has 0 saturated carbocycles. The van der Waals surface area contributed by atoms with Crippen molar-refractivity contribution in [2.45, 2.75) is 4.34 Å². The number of benzene rings is 1. The van der Waals surface area contributed by atoms with Gasteiger partial charge in [-0.15, -0.1) is 10.2 Å². The summed E-state index contributed by atoms with van der Waals surface area (Å²) in [6.07, 6.45) is 1.89. The van der Waals surface area contributed by atoms with Gasteiger partial charge in [0.2, 0.25) is 5.13 Å². The van der Waals surface area contributed by atoms with E-state index in [0.717, 1.165) is 4.34 Å². The van der Waals surface area contributed by atoms with E-state index in [9.17, 15) is 4.79 Å². The van der Waals surface area contributed by atoms with Gasteiger partial charge in [-0.2, -0.15) is 0 Å². The van der Waals surface area contributed by atoms with Crippen LogP contribution in [0.15, 0.2) is 22.5 Å². The van der Waals surface area contributed by atoms with Crippen LogP contribution in [0.4, 0.5) is 5.13 Å². The van der Waals surface area contributed by atoms with Crippen LogP contribution in [0, 0.1) is 0 Å². The van der Waals surface area contributed by atoms with Crippen LogP contribution in [0.2, 0.25) is 10.0 Å². The molecule has 1 amide bonds. The number of hydrogen-bond acceptors (Lipinski definition) is 6. The van der Waals surface area contributed by atoms with Crippen molar-refractivity contribution in [2.75, 3.05) is 18.2 Å². The number of carbonyl (C=O) groups is 1. The van der Waals surface area contributed by atoms with Crippen LogP contribution < -0.4 is 10.1 Å². The predicted octanol–water partition coefficient (Wildman–Crippen LogP) is 3.58. The van der Waals surface area contributed by atoms with E-state index in [1.54, 1.807) is 18.2 Å². The molecule has 2 rings (SSSR count). The Morgan fingerprint density at radius 2 is 2.25 bits per heavy atom. The van der Waals surface area contributed by atoms with Crippen molar-refractivity contribution < 1.29 is 9.53 Å². The van der Waals surface area contributed by atoms with E-state index in [0.29, 0.717) is 20.9 Å². The Morgan fingerprint density at radius 1 is 1.45 bits per heavy atom. The second-order valence-electron chi connectivity index (χ2n) is 3.49. The lowest BCUT2D eigenvalue weighted by atomic mass is 10.3. The van der Waals surface area contributed by atoms with Crippen LogP contribution >= 0.6 is 46.3 Å². The molecule has 0 bridgehead atoms. The normalized spacial score (nSPS) is 10.3. The third-order valence-electron chi connectivity index (χ3n) is 2.08. The molecule has 0 unspecified atom stereocenters. The number of hydrogen-bond donors (Lipinski definition) is 1. The third kappa shape index (κ3) is 4.24. The van der Waals surface area contributed by atoms with E-state index in [-0.39, 0.29) is 12.5 Å². The highest BCUT2D eigenvalue weighted by Crippen LogP contribution is 2.27. The fourth-order valence-corrected chi connectivity index (χ4v) is 2.88. The molecular formula is C11H9Cl2N3O2S2. The van der Waals surface area contributed by atoms with Gasteiger partial charge in [0, 0.05) is 5.02 Å². The Morgan fingerprint density at radius 3 is 2.90 bits per heavy atom. The number of anilines is 1. The Labute approximate surface area is 133 Å². The first-order valence-electron chi connectivity index (χ1n) is 5.33. The van der Waals surface area contributed by atoms with Gasteiger partial charge in [-0.25, -0.2) is 0 Å². The molecule has 0 saturated heterocycles. The minimum absolute atomic E-state index is 0.171. The van der Waals surface area contributed by atoms with E-state index in [1.165, 1.54) is 23.1 Å². The zero-order valence-corrected chi connectivity index (χ0v) is 13.4. The lowest BCUT2D eigenvalue weighted by molar-refractivity contribution is -0.118. The fourth-order valence-electron chi connectivity index (χ4n) is 1.23. The summed E-state index contributed by atoms with van der Waals surface area (Å²) in [4.78, 5) is 11.7. The number of aromatic nitrogens is 2. The highest BCUT2D eigenvalue weighted by molar-refractivity contribution is 8.00. The van der Waals surface area contributed by atoms with Gasteiger partial charge in [0.15, 0.2) is 10.9 Å². The minimum Gasteiger partial charge on any atom is -0.482 e. The molecule has 0 radical (unpaired) electrons. The van der Waals surface area contributed by atoms with Gasteiger partial charge in [-0.1, -0.05) is 46.3 Å². The molecule has 1 aromatic heterocycles. The van der Waals surface area contributed by atoms with Crippen molar-refractivity contribution >= 4 is 57.3 Å². The zero-order chi connectivity index (χ0) is 14.5. The smallest absolute Gasteiger partial charge is 0.264 e. The van der Waals surface area contributed by atoms with Crippen molar-refractivity contribution in [3.05, 3.63) is 28.2 Å². The van der Waals surface area contributed by atoms with Crippen molar-refractivity contribution in [3.63, 3.8) is 0 Å². The maximum atomic E-state index is 11.7. The Balaban J connectivity index is 1.88. The molecule has 20 heavy (non-hydrogen) atoms. The average Bonchev–Trinajstić information content (AvgIpc) is 2.85. The van der Waals surface area contributed by atoms with Gasteiger partial charge < -0.3 is 4.74 Å². The summed E-state index contributed by atoms with van der Waals surface area (Å²) in [6.45, 7) is -0.171. The Bertz CT molecular complexity index is 621. The van der Waals surface area contributed by atoms with Crippen LogP contribution in [0.25, 0.3) is 0 Å². The van der Waals surface area contributed by atoms with Crippen molar-refractivity contribution in [1.29, 1.82) is 0 Å². The van der Waals surface area contributed by atoms with Crippen LogP contribution in [0.5, 0.6) is 5.75 Å². The molecule has 9 heteroatoms. The average molecular weight is 350 g/mol. The number of halogens is 2. The molecule has 1 aromatic carbocycles. The first-order valence-corrected chi connectivity index (χ1v) is 8.13. The highest BCUT2D eigenvalue weighted by atomic mass is 35.5. The van der Waals surface area contributed by atoms with Crippen molar-refractivity contribution in [3.8, 4) is 5.75 Å². The highest BCUT2D eigenvalue weighted by Gasteiger charge is 2.10. The van der Waals surface area contributed by atoms with Crippen LogP contribution in [0.3, 0.4) is 0 Å². The van der Waals surface area contributed by atoms with Crippen LogP contribution in [-0.4, -0.2) is 29.0 Å². The van der Waals surface area contributed by atoms with Gasteiger partial charge in [0.25, 0.3) is 5.91 Å². The van der Waals surface area contributed by atoms with Crippen LogP contribution in [-0.2, 0) is 4.79 Å². The van der Waals surface area contributed by atoms with Gasteiger partial charge in [0.05, 0.1) is 5.02 Å². The molecule has 1 N–H and O–H groups in total. The quantitative estimate of drug-likeness (QED) is 0.660. The van der Waals surface area contributed by atoms with Crippen molar-refractivity contribution in [2.24, 2.45) is 0 Å². The lowest BCUT2D eigenvalue weighted by Crippen LogP contribution is -2.20. The van der Waals surface area contributed by atoms with Gasteiger partial charge >= 0.3 is 0 Å². The number of thioether (sulfide) groups is 1. The molecule has 5 nitrogen and oxygen atoms in total. The standard InChI is InChI=1S/C11H9Cl2N3O2S2/c1-19-11-16-15-10(20-11)14-9(17)5-18-8-3-2-6(12)4-7(8)13/h2-4H,5H2,1H3,(H,14,15,17). The first-order chi connectivity index (χ1) is 9.58. The maximum absolute atomic E-state index is 11.7. The minimum atomic E-state index is -0.334. The summed E-state index contributed by atoms with van der Waals surface area (Å²) in [5.74, 6) is 0.0631. The van der Waals surface area contributed by atoms with E-state index in [2.05, 4.69) is 15.5 Å². The Hall–Kier alpha value is -1.02. The molecule has 1 heterocycles. The molecular weight excluding hydrogens is 341 g/mol. The van der Waals surface area contributed by atoms with E-state index in [1.807, 2.05) is 6.26 Å². The molecule has 2 aromatic rings. The zero-order valence-electron chi connectivity index (χ0n) is 10.2. The third-order valence-corrected chi connectivity index (χ3v) is 4.42. The topological polar surface area (TPSA) is 64.1 Å². The molecule has 0 atom stereocenters. The van der Waals surface area contributed by atoms with Gasteiger partial charge in [-0.3, -0.25) is 10.1 Å². The molecule has 0 spiro atoms. The van der Waals surface area contributed by atoms with Crippen molar-refractivity contribution in [1.82, 2.24) is 10.2 Å². The SMILES string of the molecule is CSc1nnc(NC(=O)COc2ccc(Cl)cc2Cl)s1. The second-order valence-corrected chi connectivity index (χ2v) is 6.36. The van der Waals surface area contributed by atoms with E-state index in [4.69, 9.17) is 27.9 Å². The number of ether oxygens (including phenoxy) is 1. The van der Waals surface area contributed by atoms with E-state index >= 15 is 0 Å². The largest absolute Gasteiger partial charge is 0.482 e. The molecule has 0 aliphatic heterocycles. The summed E-state index contributed by atoms with van der Waals surface area (Å²) < 4.78 is 6.09. The van der Waals surface area contributed by atoms with Gasteiger partial charge in [0.1, 0.15) is 5.75 Å². The summed E-state index contributed by atoms with van der Waals surface area (Å²) >= 11 is 14.5. The van der Waals surface area contributed by atoms with Gasteiger partial charge in [-0.05, 0) is 24.5 Å². The summed E-state index contributed by atoms with van der Waals surface area (Å²) in [7, 11) is 0. The fraction of sp³-hybridized carbons (Fsp3) is 0.182. The Kier molecular flexibility index (Phi) is 5.47. The molecule has 106 valence electrons. The maximum Gasteiger partial charge on any atom is 0.264 e. The first kappa shape index (κ1) is 15.4. The van der Waals surface area contributed by atoms with Crippen LogP contribution in [0.1, 0.15) is 0 Å². The number of carbonyl (C=O) groups excluding carboxylic acids is 1. The second kappa shape index (κ2) is 7.12. The number of amides is 1. The molecule has 0 aliphatic rings. The summed E-state index contributed by atoms with van der Waals surface area (Å²) in [6, 6.07) is 4.79. The number of nitrogens with one attached hydrogen (secondary N) is 1. The van der Waals surface area contributed by atoms with E-state index < -0.39 is 0 Å². The predicted molar refractivity (Wildman–Crippen MR) is 82.3 cm³/mol. The molecule has 0 fully saturated rings. The summed E-state index contributed by atoms with van der Waals surface area (Å²) in [5.41, 5.74) is 0. The molecule has 0 aliphatic carbocycles. The lowest BCUT2D eigenvalue weighted by Gasteiger charge is -2.07.